The molecule has 0 aliphatic heterocycles. The molecule has 18 nitrogen and oxygen atoms in total. The molecule has 0 aliphatic rings. The van der Waals surface area contributed by atoms with Gasteiger partial charge in [-0.1, -0.05) is 29.8 Å². The zero-order valence-corrected chi connectivity index (χ0v) is 35.9. The molecule has 0 radical (unpaired) electrons. The van der Waals surface area contributed by atoms with Crippen LogP contribution in [0, 0.1) is 0 Å². The second kappa shape index (κ2) is 20.7. The molecule has 0 saturated heterocycles. The number of nitrogens with zero attached hydrogens (tertiary/aromatic N) is 3. The summed E-state index contributed by atoms with van der Waals surface area (Å²) >= 11 is 2.99. The van der Waals surface area contributed by atoms with E-state index in [4.69, 9.17) is 27.8 Å². The maximum absolute atomic E-state index is 12.8. The van der Waals surface area contributed by atoms with Gasteiger partial charge in [-0.3, -0.25) is 24.2 Å². The summed E-state index contributed by atoms with van der Waals surface area (Å²) in [6, 6.07) is 2.45. The second-order valence-electron chi connectivity index (χ2n) is 13.2. The molecule has 0 aliphatic carbocycles. The molecule has 0 unspecified atom stereocenters. The number of esters is 2. The molecule has 294 valence electrons. The fraction of sp³-hybridized carbons (Fsp3) is 0.529. The number of carbonyl (C=O) groups excluding carboxylic acids is 2. The molecular formula is C34H46BrN4NaO14. The number of fused-ring (bicyclic) bond motifs is 2. The number of aryl methyl sites for hydroxylation is 2. The van der Waals surface area contributed by atoms with E-state index in [1.54, 1.807) is 34.6 Å². The first-order valence-corrected chi connectivity index (χ1v) is 17.3. The number of ether oxygens (including phenoxy) is 4. The van der Waals surface area contributed by atoms with Crippen LogP contribution in [0.3, 0.4) is 0 Å². The summed E-state index contributed by atoms with van der Waals surface area (Å²) in [6.45, 7) is 13.2. The summed E-state index contributed by atoms with van der Waals surface area (Å²) in [5.74, 6) is -0.946. The number of halogens is 1. The average molecular weight is 838 g/mol. The molecule has 4 heterocycles. The number of H-pyrrole nitrogens is 1. The van der Waals surface area contributed by atoms with Crippen molar-refractivity contribution in [2.24, 2.45) is 0 Å². The molecule has 1 N–H and O–H groups in total. The van der Waals surface area contributed by atoms with Gasteiger partial charge in [0.2, 0.25) is 11.4 Å². The smallest absolute Gasteiger partial charge is 1.00 e. The molecule has 20 heteroatoms. The number of nitrogens with one attached hydrogen (secondary N) is 1. The molecule has 0 spiro atoms. The van der Waals surface area contributed by atoms with Crippen LogP contribution in [0.2, 0.25) is 0 Å². The van der Waals surface area contributed by atoms with Gasteiger partial charge in [-0.25, -0.2) is 32.9 Å². The van der Waals surface area contributed by atoms with Crippen molar-refractivity contribution in [3.63, 3.8) is 0 Å². The second-order valence-corrected chi connectivity index (χ2v) is 13.7. The minimum absolute atomic E-state index is 0. The van der Waals surface area contributed by atoms with Crippen molar-refractivity contribution in [1.82, 2.24) is 18.7 Å². The largest absolute Gasteiger partial charge is 1.00 e. The van der Waals surface area contributed by atoms with Crippen molar-refractivity contribution in [3.8, 4) is 0 Å². The van der Waals surface area contributed by atoms with Gasteiger partial charge in [0.05, 0.1) is 0 Å². The van der Waals surface area contributed by atoms with Crippen molar-refractivity contribution in [2.75, 3.05) is 19.5 Å². The maximum atomic E-state index is 12.8. The number of rotatable bonds is 9. The summed E-state index contributed by atoms with van der Waals surface area (Å²) in [4.78, 5) is 96.9. The minimum atomic E-state index is -0.827. The summed E-state index contributed by atoms with van der Waals surface area (Å²) in [5.41, 5.74) is -4.46. The molecule has 0 saturated carbocycles. The molecule has 4 rings (SSSR count). The summed E-state index contributed by atoms with van der Waals surface area (Å²) in [5, 5.41) is 0.533. The Morgan fingerprint density at radius 3 is 1.61 bits per heavy atom. The predicted molar refractivity (Wildman–Crippen MR) is 198 cm³/mol. The molecule has 0 atom stereocenters. The van der Waals surface area contributed by atoms with Gasteiger partial charge in [-0.2, -0.15) is 0 Å². The van der Waals surface area contributed by atoms with Crippen LogP contribution in [0.5, 0.6) is 0 Å². The Morgan fingerprint density at radius 2 is 1.19 bits per heavy atom. The molecule has 4 aromatic heterocycles. The summed E-state index contributed by atoms with van der Waals surface area (Å²) in [7, 11) is 2.74. The van der Waals surface area contributed by atoms with E-state index in [9.17, 15) is 38.4 Å². The van der Waals surface area contributed by atoms with Crippen LogP contribution in [-0.4, -0.2) is 61.4 Å². The minimum Gasteiger partial charge on any atom is -1.00 e. The fourth-order valence-corrected chi connectivity index (χ4v) is 4.85. The summed E-state index contributed by atoms with van der Waals surface area (Å²) in [6.07, 6.45) is 0.853. The molecule has 0 amide bonds. The average Bonchev–Trinajstić information content (AvgIpc) is 3.04. The quantitative estimate of drug-likeness (QED) is 0.125. The number of hydrogen-bond donors (Lipinski definition) is 1. The molecule has 4 aromatic rings. The SMILES string of the molecule is CC(C)(C)OC(=O)CBr.CCc1cc(=O)oc2c1c(=O)[nH]c(=O)n2COC.CCc1cc(=O)oc2c1c(=O)n(CC(=O)OC(C)(C)C)c(=O)n2COC.[H-].[Na+]. The molecule has 0 fully saturated rings. The van der Waals surface area contributed by atoms with E-state index in [2.05, 4.69) is 20.9 Å². The van der Waals surface area contributed by atoms with Gasteiger partial charge in [-0.15, -0.1) is 0 Å². The van der Waals surface area contributed by atoms with Gasteiger partial charge in [0, 0.05) is 26.4 Å². The molecule has 54 heavy (non-hydrogen) atoms. The van der Waals surface area contributed by atoms with Gasteiger partial charge < -0.3 is 29.2 Å². The standard InChI is InChI=1S/C17H22N2O7.C11H12N2O5.C6H11BrO2.Na.H/c1-6-10-7-11(20)25-15-13(10)14(22)18(16(23)19(15)9-24-5)8-12(21)26-17(2,3)4;1-3-6-4-7(14)18-10-8(6)9(15)12-11(16)13(10)5-17-2;1-6(2,3)9-5(8)4-7;;/h7H,6,8-9H2,1-5H3;4H,3,5H2,1-2H3,(H,12,15,16);4H2,1-3H3;;/q;;;+1;-1. The zero-order chi connectivity index (χ0) is 40.4. The Bertz CT molecular complexity index is 2310. The Morgan fingerprint density at radius 1 is 0.741 bits per heavy atom. The third kappa shape index (κ3) is 13.2. The number of methoxy groups -OCH3 is 2. The van der Waals surface area contributed by atoms with Gasteiger partial charge >= 0.3 is 64.1 Å². The van der Waals surface area contributed by atoms with E-state index < -0.39 is 51.9 Å². The van der Waals surface area contributed by atoms with Crippen LogP contribution in [0.4, 0.5) is 0 Å². The number of alkyl halides is 1. The number of hydrogen-bond acceptors (Lipinski definition) is 14. The third-order valence-electron chi connectivity index (χ3n) is 6.67. The van der Waals surface area contributed by atoms with Gasteiger partial charge in [-0.05, 0) is 65.5 Å². The van der Waals surface area contributed by atoms with Crippen molar-refractivity contribution >= 4 is 50.1 Å². The van der Waals surface area contributed by atoms with E-state index in [1.165, 1.54) is 26.4 Å². The van der Waals surface area contributed by atoms with Crippen molar-refractivity contribution in [1.29, 1.82) is 0 Å². The number of aromatic nitrogens is 4. The van der Waals surface area contributed by atoms with Crippen molar-refractivity contribution in [3.05, 3.63) is 85.8 Å². The normalized spacial score (nSPS) is 11.2. The molecule has 0 bridgehead atoms. The zero-order valence-electron chi connectivity index (χ0n) is 33.3. The fourth-order valence-electron chi connectivity index (χ4n) is 4.74. The van der Waals surface area contributed by atoms with Gasteiger partial charge in [0.1, 0.15) is 47.3 Å². The third-order valence-corrected chi connectivity index (χ3v) is 7.12. The Hall–Kier alpha value is -3.88. The first-order valence-electron chi connectivity index (χ1n) is 16.2. The van der Waals surface area contributed by atoms with Crippen LogP contribution in [0.15, 0.2) is 49.7 Å². The van der Waals surface area contributed by atoms with E-state index in [0.717, 1.165) is 13.7 Å². The Labute approximate surface area is 340 Å². The van der Waals surface area contributed by atoms with Crippen LogP contribution < -0.4 is 63.3 Å². The van der Waals surface area contributed by atoms with E-state index in [0.29, 0.717) is 24.0 Å². The number of carbonyl (C=O) groups is 2. The van der Waals surface area contributed by atoms with Gasteiger partial charge in [0.25, 0.3) is 11.1 Å². The number of aromatic amines is 1. The Kier molecular flexibility index (Phi) is 18.5. The monoisotopic (exact) mass is 836 g/mol. The van der Waals surface area contributed by atoms with E-state index >= 15 is 0 Å². The van der Waals surface area contributed by atoms with Crippen molar-refractivity contribution in [2.45, 2.75) is 99.4 Å². The van der Waals surface area contributed by atoms with E-state index in [-0.39, 0.29) is 83.5 Å². The topological polar surface area (TPSA) is 230 Å². The maximum Gasteiger partial charge on any atom is 1.00 e. The van der Waals surface area contributed by atoms with E-state index in [1.807, 2.05) is 20.8 Å². The Balaban J connectivity index is 0.000000874. The first-order chi connectivity index (χ1) is 24.6. The van der Waals surface area contributed by atoms with Crippen LogP contribution in [0.1, 0.15) is 67.9 Å². The van der Waals surface area contributed by atoms with Crippen LogP contribution in [-0.2, 0) is 61.4 Å². The molecule has 0 aromatic carbocycles. The van der Waals surface area contributed by atoms with Crippen LogP contribution in [0.25, 0.3) is 22.2 Å². The molecular weight excluding hydrogens is 791 g/mol. The van der Waals surface area contributed by atoms with Gasteiger partial charge in [0.15, 0.2) is 0 Å². The summed E-state index contributed by atoms with van der Waals surface area (Å²) < 4.78 is 32.8. The van der Waals surface area contributed by atoms with Crippen LogP contribution >= 0.6 is 15.9 Å². The predicted octanol–water partition coefficient (Wildman–Crippen LogP) is -0.727. The van der Waals surface area contributed by atoms with Crippen molar-refractivity contribution < 1.29 is 68.4 Å². The first kappa shape index (κ1) is 48.1.